The first kappa shape index (κ1) is 23.5. The van der Waals surface area contributed by atoms with E-state index >= 15 is 0 Å². The molecule has 2 aromatic rings. The first-order valence-corrected chi connectivity index (χ1v) is 12.7. The highest BCUT2D eigenvalue weighted by atomic mass is 32.2. The third kappa shape index (κ3) is 5.45. The van der Waals surface area contributed by atoms with Crippen LogP contribution in [-0.4, -0.2) is 72.9 Å². The van der Waals surface area contributed by atoms with Crippen molar-refractivity contribution < 1.29 is 22.7 Å². The third-order valence-corrected chi connectivity index (χ3v) is 7.70. The van der Waals surface area contributed by atoms with Crippen LogP contribution in [0.3, 0.4) is 0 Å². The maximum absolute atomic E-state index is 13.4. The summed E-state index contributed by atoms with van der Waals surface area (Å²) in [6.45, 7) is 1.58. The molecule has 0 spiro atoms. The molecular formula is C23H30N4O5S. The molecule has 9 nitrogen and oxygen atoms in total. The van der Waals surface area contributed by atoms with Gasteiger partial charge in [-0.05, 0) is 30.9 Å². The van der Waals surface area contributed by atoms with Crippen LogP contribution in [0.15, 0.2) is 48.8 Å². The topological polar surface area (TPSA) is 101 Å². The number of carbonyl (C=O) groups excluding carboxylic acids is 2. The SMILES string of the molecule is Cn1ccc(C(=O)NS(=O)(=O)N2CCCN(C(=O)[C@@H]3OCCC[C@H]3c3ccccc3)CC2)c1. The second-order valence-corrected chi connectivity index (χ2v) is 10.2. The number of aromatic nitrogens is 1. The number of hydrogen-bond acceptors (Lipinski definition) is 5. The largest absolute Gasteiger partial charge is 0.368 e. The molecule has 3 heterocycles. The Hall–Kier alpha value is -2.69. The van der Waals surface area contributed by atoms with Gasteiger partial charge in [0.1, 0.15) is 6.10 Å². The Morgan fingerprint density at radius 3 is 2.55 bits per heavy atom. The van der Waals surface area contributed by atoms with Crippen LogP contribution in [0, 0.1) is 0 Å². The lowest BCUT2D eigenvalue weighted by atomic mass is 9.86. The zero-order valence-corrected chi connectivity index (χ0v) is 19.5. The predicted octanol–water partition coefficient (Wildman–Crippen LogP) is 1.50. The Balaban J connectivity index is 1.40. The average Bonchev–Trinajstić information content (AvgIpc) is 3.10. The molecule has 33 heavy (non-hydrogen) atoms. The van der Waals surface area contributed by atoms with Crippen molar-refractivity contribution in [1.82, 2.24) is 18.5 Å². The molecule has 0 bridgehead atoms. The summed E-state index contributed by atoms with van der Waals surface area (Å²) in [5.41, 5.74) is 1.35. The number of nitrogens with one attached hydrogen (secondary N) is 1. The van der Waals surface area contributed by atoms with Gasteiger partial charge in [0.25, 0.3) is 11.8 Å². The van der Waals surface area contributed by atoms with Crippen molar-refractivity contribution in [3.63, 3.8) is 0 Å². The van der Waals surface area contributed by atoms with Gasteiger partial charge < -0.3 is 14.2 Å². The van der Waals surface area contributed by atoms with Crippen molar-refractivity contribution in [3.8, 4) is 0 Å². The monoisotopic (exact) mass is 474 g/mol. The molecule has 0 aliphatic carbocycles. The molecule has 1 aromatic carbocycles. The fourth-order valence-electron chi connectivity index (χ4n) is 4.48. The molecule has 0 radical (unpaired) electrons. The van der Waals surface area contributed by atoms with Gasteiger partial charge in [-0.25, -0.2) is 4.72 Å². The summed E-state index contributed by atoms with van der Waals surface area (Å²) in [6.07, 6.45) is 4.92. The van der Waals surface area contributed by atoms with Crippen LogP contribution >= 0.6 is 0 Å². The normalized spacial score (nSPS) is 22.5. The summed E-state index contributed by atoms with van der Waals surface area (Å²) in [6, 6.07) is 11.5. The van der Waals surface area contributed by atoms with Crippen LogP contribution in [0.1, 0.15) is 41.1 Å². The number of nitrogens with zero attached hydrogens (tertiary/aromatic N) is 3. The van der Waals surface area contributed by atoms with E-state index < -0.39 is 22.2 Å². The van der Waals surface area contributed by atoms with Crippen LogP contribution < -0.4 is 4.72 Å². The van der Waals surface area contributed by atoms with E-state index in [4.69, 9.17) is 4.74 Å². The number of aryl methyl sites for hydroxylation is 1. The van der Waals surface area contributed by atoms with Crippen molar-refractivity contribution in [2.24, 2.45) is 7.05 Å². The Labute approximate surface area is 194 Å². The Kier molecular flexibility index (Phi) is 7.16. The zero-order valence-electron chi connectivity index (χ0n) is 18.7. The van der Waals surface area contributed by atoms with Gasteiger partial charge in [-0.2, -0.15) is 12.7 Å². The molecule has 10 heteroatoms. The van der Waals surface area contributed by atoms with E-state index in [0.717, 1.165) is 18.4 Å². The summed E-state index contributed by atoms with van der Waals surface area (Å²) >= 11 is 0. The van der Waals surface area contributed by atoms with Crippen molar-refractivity contribution in [2.75, 3.05) is 32.8 Å². The second kappa shape index (κ2) is 10.1. The predicted molar refractivity (Wildman–Crippen MR) is 123 cm³/mol. The number of amides is 2. The Bertz CT molecular complexity index is 1090. The molecule has 2 aliphatic heterocycles. The van der Waals surface area contributed by atoms with E-state index in [-0.39, 0.29) is 37.0 Å². The fraction of sp³-hybridized carbons (Fsp3) is 0.478. The third-order valence-electron chi connectivity index (χ3n) is 6.22. The van der Waals surface area contributed by atoms with Gasteiger partial charge in [0.2, 0.25) is 0 Å². The van der Waals surface area contributed by atoms with E-state index in [1.54, 1.807) is 35.0 Å². The molecule has 2 saturated heterocycles. The summed E-state index contributed by atoms with van der Waals surface area (Å²) in [7, 11) is -2.26. The van der Waals surface area contributed by atoms with Gasteiger partial charge >= 0.3 is 10.2 Å². The molecule has 4 rings (SSSR count). The zero-order chi connectivity index (χ0) is 23.4. The fourth-order valence-corrected chi connectivity index (χ4v) is 5.65. The molecule has 2 atom stereocenters. The van der Waals surface area contributed by atoms with E-state index in [2.05, 4.69) is 4.72 Å². The molecule has 2 aliphatic rings. The molecular weight excluding hydrogens is 444 g/mol. The van der Waals surface area contributed by atoms with Gasteiger partial charge in [-0.15, -0.1) is 0 Å². The number of benzene rings is 1. The van der Waals surface area contributed by atoms with Crippen molar-refractivity contribution in [3.05, 3.63) is 59.9 Å². The van der Waals surface area contributed by atoms with Gasteiger partial charge in [-0.1, -0.05) is 30.3 Å². The van der Waals surface area contributed by atoms with E-state index in [0.29, 0.717) is 19.6 Å². The first-order chi connectivity index (χ1) is 15.8. The summed E-state index contributed by atoms with van der Waals surface area (Å²) in [5.74, 6) is -0.786. The van der Waals surface area contributed by atoms with Gasteiger partial charge in [0.15, 0.2) is 0 Å². The highest BCUT2D eigenvalue weighted by Gasteiger charge is 2.37. The van der Waals surface area contributed by atoms with Crippen molar-refractivity contribution >= 4 is 22.0 Å². The quantitative estimate of drug-likeness (QED) is 0.708. The van der Waals surface area contributed by atoms with Crippen molar-refractivity contribution in [2.45, 2.75) is 31.3 Å². The summed E-state index contributed by atoms with van der Waals surface area (Å²) in [4.78, 5) is 27.4. The number of rotatable bonds is 5. The number of ether oxygens (including phenoxy) is 1. The molecule has 1 N–H and O–H groups in total. The van der Waals surface area contributed by atoms with Gasteiger partial charge in [-0.3, -0.25) is 9.59 Å². The average molecular weight is 475 g/mol. The smallest absolute Gasteiger partial charge is 0.304 e. The molecule has 178 valence electrons. The second-order valence-electron chi connectivity index (χ2n) is 8.53. The lowest BCUT2D eigenvalue weighted by Gasteiger charge is -2.34. The summed E-state index contributed by atoms with van der Waals surface area (Å²) < 4.78 is 36.6. The molecule has 0 saturated carbocycles. The van der Waals surface area contributed by atoms with Crippen LogP contribution in [0.5, 0.6) is 0 Å². The summed E-state index contributed by atoms with van der Waals surface area (Å²) in [5, 5.41) is 0. The Morgan fingerprint density at radius 1 is 1.03 bits per heavy atom. The van der Waals surface area contributed by atoms with Crippen LogP contribution in [0.2, 0.25) is 0 Å². The molecule has 2 fully saturated rings. The lowest BCUT2D eigenvalue weighted by molar-refractivity contribution is -0.148. The minimum Gasteiger partial charge on any atom is -0.368 e. The van der Waals surface area contributed by atoms with Crippen LogP contribution in [-0.2, 0) is 26.8 Å². The van der Waals surface area contributed by atoms with Gasteiger partial charge in [0.05, 0.1) is 5.56 Å². The maximum atomic E-state index is 13.4. The van der Waals surface area contributed by atoms with E-state index in [9.17, 15) is 18.0 Å². The van der Waals surface area contributed by atoms with Crippen LogP contribution in [0.25, 0.3) is 0 Å². The number of hydrogen-bond donors (Lipinski definition) is 1. The van der Waals surface area contributed by atoms with E-state index in [1.807, 2.05) is 30.3 Å². The first-order valence-electron chi connectivity index (χ1n) is 11.2. The maximum Gasteiger partial charge on any atom is 0.304 e. The van der Waals surface area contributed by atoms with Gasteiger partial charge in [0, 0.05) is 58.1 Å². The minimum absolute atomic E-state index is 0.0132. The lowest BCUT2D eigenvalue weighted by Crippen LogP contribution is -2.48. The standard InChI is InChI=1S/C23H30N4O5S/c1-25-13-10-19(17-25)22(28)24-33(30,31)27-12-6-11-26(14-15-27)23(29)21-20(9-5-16-32-21)18-7-3-2-4-8-18/h2-4,7-8,10,13,17,20-21H,5-6,9,11-12,14-16H2,1H3,(H,24,28)/t20-,21+/m0/s1. The molecule has 0 unspecified atom stereocenters. The Morgan fingerprint density at radius 2 is 1.82 bits per heavy atom. The number of carbonyl (C=O) groups is 2. The highest BCUT2D eigenvalue weighted by Crippen LogP contribution is 2.32. The van der Waals surface area contributed by atoms with Crippen molar-refractivity contribution in [1.29, 1.82) is 0 Å². The van der Waals surface area contributed by atoms with E-state index in [1.165, 1.54) is 4.31 Å². The van der Waals surface area contributed by atoms with Crippen LogP contribution in [0.4, 0.5) is 0 Å². The molecule has 1 aromatic heterocycles. The highest BCUT2D eigenvalue weighted by molar-refractivity contribution is 7.87. The molecule has 2 amide bonds. The minimum atomic E-state index is -4.02.